The number of rotatable bonds is 7. The first-order valence-corrected chi connectivity index (χ1v) is 14.6. The van der Waals surface area contributed by atoms with Crippen molar-refractivity contribution in [2.24, 2.45) is 0 Å². The Bertz CT molecular complexity index is 1730. The average molecular weight is 639 g/mol. The Labute approximate surface area is 244 Å². The molecule has 1 aliphatic heterocycles. The van der Waals surface area contributed by atoms with Crippen molar-refractivity contribution >= 4 is 78.4 Å². The second-order valence-corrected chi connectivity index (χ2v) is 12.2. The van der Waals surface area contributed by atoms with Gasteiger partial charge in [0.15, 0.2) is 15.9 Å². The summed E-state index contributed by atoms with van der Waals surface area (Å²) in [6, 6.07) is 22.6. The van der Waals surface area contributed by atoms with Crippen LogP contribution in [0.2, 0.25) is 5.02 Å². The summed E-state index contributed by atoms with van der Waals surface area (Å²) in [5.41, 5.74) is 2.13. The molecule has 11 heteroatoms. The molecule has 0 fully saturated rings. The van der Waals surface area contributed by atoms with E-state index in [9.17, 15) is 14.7 Å². The zero-order valence-corrected chi connectivity index (χ0v) is 23.9. The predicted octanol–water partition coefficient (Wildman–Crippen LogP) is 7.78. The standard InChI is InChI=1S/C28H17BrClN3O4S2/c29-18-6-3-5-17(12-18)23-22(24(34)21-13-16-4-1-2-7-20(16)37-21)25(35)26(36)33(23)27-31-32-28(39-27)38-14-15-8-10-19(30)11-9-15/h1-13,23,35H,14H2/t23-/m1/s1. The first-order chi connectivity index (χ1) is 18.9. The average Bonchev–Trinajstić information content (AvgIpc) is 3.64. The zero-order chi connectivity index (χ0) is 27.1. The summed E-state index contributed by atoms with van der Waals surface area (Å²) in [7, 11) is 0. The lowest BCUT2D eigenvalue weighted by atomic mass is 9.95. The predicted molar refractivity (Wildman–Crippen MR) is 155 cm³/mol. The summed E-state index contributed by atoms with van der Waals surface area (Å²) >= 11 is 12.1. The lowest BCUT2D eigenvalue weighted by Gasteiger charge is -2.24. The molecule has 0 aliphatic carbocycles. The molecular formula is C28H17BrClN3O4S2. The normalized spacial score (nSPS) is 15.5. The number of nitrogens with zero attached hydrogens (tertiary/aromatic N) is 3. The molecule has 0 radical (unpaired) electrons. The molecule has 0 unspecified atom stereocenters. The van der Waals surface area contributed by atoms with Gasteiger partial charge in [-0.3, -0.25) is 14.5 Å². The molecule has 39 heavy (non-hydrogen) atoms. The van der Waals surface area contributed by atoms with Crippen molar-refractivity contribution in [3.63, 3.8) is 0 Å². The van der Waals surface area contributed by atoms with Gasteiger partial charge in [-0.1, -0.05) is 93.1 Å². The van der Waals surface area contributed by atoms with E-state index in [1.165, 1.54) is 28.0 Å². The molecule has 0 spiro atoms. The van der Waals surface area contributed by atoms with Gasteiger partial charge in [0.2, 0.25) is 10.9 Å². The Morgan fingerprint density at radius 2 is 1.87 bits per heavy atom. The first-order valence-electron chi connectivity index (χ1n) is 11.7. The highest BCUT2D eigenvalue weighted by atomic mass is 79.9. The van der Waals surface area contributed by atoms with E-state index in [2.05, 4.69) is 26.1 Å². The van der Waals surface area contributed by atoms with E-state index in [1.54, 1.807) is 36.4 Å². The maximum absolute atomic E-state index is 13.8. The van der Waals surface area contributed by atoms with Gasteiger partial charge < -0.3 is 9.52 Å². The SMILES string of the molecule is O=C(C1=C(O)C(=O)N(c2nnc(SCc3ccc(Cl)cc3)s2)[C@@H]1c1cccc(Br)c1)c1cc2ccccc2o1. The number of benzene rings is 3. The summed E-state index contributed by atoms with van der Waals surface area (Å²) in [6.45, 7) is 0. The van der Waals surface area contributed by atoms with E-state index in [1.807, 2.05) is 42.5 Å². The monoisotopic (exact) mass is 637 g/mol. The summed E-state index contributed by atoms with van der Waals surface area (Å²) in [4.78, 5) is 28.5. The molecule has 194 valence electrons. The van der Waals surface area contributed by atoms with Gasteiger partial charge >= 0.3 is 0 Å². The van der Waals surface area contributed by atoms with E-state index in [0.717, 1.165) is 15.4 Å². The minimum absolute atomic E-state index is 0.0314. The minimum Gasteiger partial charge on any atom is -0.503 e. The fourth-order valence-electron chi connectivity index (χ4n) is 4.34. The third-order valence-corrected chi connectivity index (χ3v) is 9.02. The molecule has 6 rings (SSSR count). The molecule has 1 aliphatic rings. The fourth-order valence-corrected chi connectivity index (χ4v) is 6.70. The van der Waals surface area contributed by atoms with Crippen molar-refractivity contribution in [2.75, 3.05) is 4.90 Å². The second-order valence-electron chi connectivity index (χ2n) is 8.64. The molecule has 0 bridgehead atoms. The summed E-state index contributed by atoms with van der Waals surface area (Å²) in [6.07, 6.45) is 0. The largest absolute Gasteiger partial charge is 0.503 e. The van der Waals surface area contributed by atoms with Gasteiger partial charge in [0.1, 0.15) is 5.58 Å². The van der Waals surface area contributed by atoms with Crippen LogP contribution in [0.5, 0.6) is 0 Å². The van der Waals surface area contributed by atoms with Crippen molar-refractivity contribution < 1.29 is 19.1 Å². The number of halogens is 2. The number of anilines is 1. The van der Waals surface area contributed by atoms with Crippen molar-refractivity contribution in [1.29, 1.82) is 0 Å². The molecule has 1 amide bonds. The molecule has 0 saturated heterocycles. The Morgan fingerprint density at radius 1 is 1.08 bits per heavy atom. The quantitative estimate of drug-likeness (QED) is 0.110. The molecule has 3 heterocycles. The molecule has 1 atom stereocenters. The second kappa shape index (κ2) is 10.6. The number of para-hydroxylation sites is 1. The summed E-state index contributed by atoms with van der Waals surface area (Å²) in [5.74, 6) is -1.29. The number of aliphatic hydroxyl groups excluding tert-OH is 1. The van der Waals surface area contributed by atoms with Crippen molar-refractivity contribution in [2.45, 2.75) is 16.1 Å². The van der Waals surface area contributed by atoms with Crippen LogP contribution in [0.1, 0.15) is 27.7 Å². The van der Waals surface area contributed by atoms with E-state index < -0.39 is 23.5 Å². The highest BCUT2D eigenvalue weighted by molar-refractivity contribution is 9.10. The lowest BCUT2D eigenvalue weighted by molar-refractivity contribution is -0.117. The number of aromatic nitrogens is 2. The zero-order valence-electron chi connectivity index (χ0n) is 19.9. The molecule has 5 aromatic rings. The topological polar surface area (TPSA) is 96.5 Å². The molecule has 0 saturated carbocycles. The Hall–Kier alpha value is -3.44. The number of ketones is 1. The third kappa shape index (κ3) is 5.00. The van der Waals surface area contributed by atoms with Gasteiger partial charge in [0.05, 0.1) is 11.6 Å². The fraction of sp³-hybridized carbons (Fsp3) is 0.0714. The molecule has 2 aromatic heterocycles. The van der Waals surface area contributed by atoms with Crippen LogP contribution in [0.25, 0.3) is 11.0 Å². The van der Waals surface area contributed by atoms with Crippen molar-refractivity contribution in [3.8, 4) is 0 Å². The maximum Gasteiger partial charge on any atom is 0.296 e. The van der Waals surface area contributed by atoms with Gasteiger partial charge in [-0.25, -0.2) is 0 Å². The minimum atomic E-state index is -0.933. The van der Waals surface area contributed by atoms with E-state index >= 15 is 0 Å². The van der Waals surface area contributed by atoms with E-state index in [-0.39, 0.29) is 16.5 Å². The highest BCUT2D eigenvalue weighted by Gasteiger charge is 2.46. The van der Waals surface area contributed by atoms with Crippen LogP contribution in [0.4, 0.5) is 5.13 Å². The van der Waals surface area contributed by atoms with Crippen LogP contribution >= 0.6 is 50.6 Å². The number of carbonyl (C=O) groups excluding carboxylic acids is 2. The lowest BCUT2D eigenvalue weighted by Crippen LogP contribution is -2.31. The number of fused-ring (bicyclic) bond motifs is 1. The van der Waals surface area contributed by atoms with Gasteiger partial charge in [0, 0.05) is 20.6 Å². The van der Waals surface area contributed by atoms with Crippen LogP contribution in [0.3, 0.4) is 0 Å². The maximum atomic E-state index is 13.8. The van der Waals surface area contributed by atoms with Crippen LogP contribution in [0, 0.1) is 0 Å². The van der Waals surface area contributed by atoms with E-state index in [0.29, 0.717) is 26.3 Å². The van der Waals surface area contributed by atoms with Crippen LogP contribution in [0.15, 0.2) is 103 Å². The number of carbonyl (C=O) groups is 2. The Morgan fingerprint density at radius 3 is 2.64 bits per heavy atom. The van der Waals surface area contributed by atoms with Crippen molar-refractivity contribution in [3.05, 3.63) is 117 Å². The van der Waals surface area contributed by atoms with Gasteiger partial charge in [-0.05, 0) is 47.5 Å². The smallest absolute Gasteiger partial charge is 0.296 e. The molecule has 1 N–H and O–H groups in total. The number of Topliss-reactive ketones (excluding diaryl/α,β-unsaturated/α-hetero) is 1. The van der Waals surface area contributed by atoms with Crippen LogP contribution in [-0.2, 0) is 10.5 Å². The number of furan rings is 1. The number of hydrogen-bond donors (Lipinski definition) is 1. The first kappa shape index (κ1) is 25.8. The van der Waals surface area contributed by atoms with E-state index in [4.69, 9.17) is 16.0 Å². The summed E-state index contributed by atoms with van der Waals surface area (Å²) in [5, 5.41) is 21.2. The Balaban J connectivity index is 1.36. The highest BCUT2D eigenvalue weighted by Crippen LogP contribution is 2.44. The van der Waals surface area contributed by atoms with Gasteiger partial charge in [0.25, 0.3) is 5.91 Å². The van der Waals surface area contributed by atoms with Crippen molar-refractivity contribution in [1.82, 2.24) is 10.2 Å². The molecule has 3 aromatic carbocycles. The molecular weight excluding hydrogens is 622 g/mol. The van der Waals surface area contributed by atoms with Gasteiger partial charge in [-0.2, -0.15) is 0 Å². The number of hydrogen-bond acceptors (Lipinski definition) is 8. The third-order valence-electron chi connectivity index (χ3n) is 6.14. The van der Waals surface area contributed by atoms with Crippen LogP contribution < -0.4 is 4.90 Å². The number of thioether (sulfide) groups is 1. The Kier molecular flexibility index (Phi) is 7.03. The summed E-state index contributed by atoms with van der Waals surface area (Å²) < 4.78 is 7.18. The number of amides is 1. The van der Waals surface area contributed by atoms with Crippen LogP contribution in [-0.4, -0.2) is 27.0 Å². The van der Waals surface area contributed by atoms with Gasteiger partial charge in [-0.15, -0.1) is 10.2 Å². The molecule has 7 nitrogen and oxygen atoms in total. The number of aliphatic hydroxyl groups is 1.